The summed E-state index contributed by atoms with van der Waals surface area (Å²) in [6.07, 6.45) is 3.54. The summed E-state index contributed by atoms with van der Waals surface area (Å²) in [6.45, 7) is 5.45. The molecule has 114 valence electrons. The van der Waals surface area contributed by atoms with Gasteiger partial charge in [-0.2, -0.15) is 0 Å². The number of nitrogens with zero attached hydrogens (tertiary/aromatic N) is 1. The molecule has 4 heteroatoms. The van der Waals surface area contributed by atoms with Crippen molar-refractivity contribution in [2.45, 2.75) is 32.6 Å². The molecule has 0 aromatic heterocycles. The Morgan fingerprint density at radius 1 is 1.38 bits per heavy atom. The number of likely N-dealkylation sites (tertiary alicyclic amines) is 1. The van der Waals surface area contributed by atoms with E-state index in [0.29, 0.717) is 0 Å². The minimum atomic E-state index is -0.652. The number of aliphatic carboxylic acids is 1. The first kappa shape index (κ1) is 14.4. The first-order chi connectivity index (χ1) is 10.1. The van der Waals surface area contributed by atoms with E-state index in [1.807, 2.05) is 6.92 Å². The van der Waals surface area contributed by atoms with Gasteiger partial charge in [0.15, 0.2) is 0 Å². The predicted octanol–water partition coefficient (Wildman–Crippen LogP) is 2.35. The number of ether oxygens (including phenoxy) is 1. The summed E-state index contributed by atoms with van der Waals surface area (Å²) in [5.74, 6) is 0.384. The molecular weight excluding hydrogens is 266 g/mol. The lowest BCUT2D eigenvalue weighted by atomic mass is 9.80. The number of hydrogen-bond acceptors (Lipinski definition) is 3. The first-order valence-electron chi connectivity index (χ1n) is 7.77. The highest BCUT2D eigenvalue weighted by Gasteiger charge is 2.36. The van der Waals surface area contributed by atoms with Crippen LogP contribution in [0.25, 0.3) is 0 Å². The average molecular weight is 289 g/mol. The van der Waals surface area contributed by atoms with E-state index in [9.17, 15) is 9.90 Å². The molecule has 2 aliphatic rings. The maximum absolute atomic E-state index is 11.2. The van der Waals surface area contributed by atoms with Crippen LogP contribution in [0.3, 0.4) is 0 Å². The van der Waals surface area contributed by atoms with Gasteiger partial charge in [0.2, 0.25) is 0 Å². The highest BCUT2D eigenvalue weighted by molar-refractivity contribution is 5.74. The Balaban J connectivity index is 1.51. The van der Waals surface area contributed by atoms with Gasteiger partial charge in [-0.1, -0.05) is 12.1 Å². The van der Waals surface area contributed by atoms with Crippen LogP contribution in [0, 0.1) is 5.41 Å². The average Bonchev–Trinajstić information content (AvgIpc) is 2.94. The van der Waals surface area contributed by atoms with E-state index in [4.69, 9.17) is 4.74 Å². The van der Waals surface area contributed by atoms with Gasteiger partial charge in [-0.15, -0.1) is 0 Å². The Kier molecular flexibility index (Phi) is 3.89. The Hall–Kier alpha value is -1.55. The monoisotopic (exact) mass is 289 g/mol. The van der Waals surface area contributed by atoms with Crippen molar-refractivity contribution in [2.75, 3.05) is 26.2 Å². The molecule has 1 saturated heterocycles. The molecule has 2 heterocycles. The van der Waals surface area contributed by atoms with Gasteiger partial charge in [0, 0.05) is 13.0 Å². The lowest BCUT2D eigenvalue weighted by Gasteiger charge is -2.36. The fraction of sp³-hybridized carbons (Fsp3) is 0.588. The molecule has 0 amide bonds. The largest absolute Gasteiger partial charge is 0.493 e. The molecule has 1 N–H and O–H groups in total. The summed E-state index contributed by atoms with van der Waals surface area (Å²) in [7, 11) is 0. The van der Waals surface area contributed by atoms with Crippen LogP contribution < -0.4 is 4.74 Å². The van der Waals surface area contributed by atoms with Gasteiger partial charge >= 0.3 is 5.97 Å². The maximum Gasteiger partial charge on any atom is 0.309 e. The van der Waals surface area contributed by atoms with Crippen molar-refractivity contribution in [3.05, 3.63) is 29.3 Å². The quantitative estimate of drug-likeness (QED) is 0.924. The Morgan fingerprint density at radius 3 is 2.86 bits per heavy atom. The van der Waals surface area contributed by atoms with Crippen LogP contribution in [-0.4, -0.2) is 42.2 Å². The van der Waals surface area contributed by atoms with Crippen molar-refractivity contribution in [2.24, 2.45) is 5.41 Å². The molecule has 21 heavy (non-hydrogen) atoms. The molecular formula is C17H23NO3. The smallest absolute Gasteiger partial charge is 0.309 e. The second-order valence-electron chi connectivity index (χ2n) is 6.50. The molecule has 0 saturated carbocycles. The Bertz CT molecular complexity index is 533. The molecule has 0 radical (unpaired) electrons. The number of carboxylic acid groups (broad SMARTS) is 1. The maximum atomic E-state index is 11.2. The topological polar surface area (TPSA) is 49.8 Å². The van der Waals surface area contributed by atoms with Gasteiger partial charge in [-0.25, -0.2) is 0 Å². The summed E-state index contributed by atoms with van der Waals surface area (Å²) in [4.78, 5) is 13.6. The Morgan fingerprint density at radius 2 is 2.14 bits per heavy atom. The molecule has 0 atom stereocenters. The number of benzene rings is 1. The first-order valence-corrected chi connectivity index (χ1v) is 7.77. The number of carboxylic acids is 1. The Labute approximate surface area is 125 Å². The fourth-order valence-corrected chi connectivity index (χ4v) is 3.17. The lowest BCUT2D eigenvalue weighted by molar-refractivity contribution is -0.150. The van der Waals surface area contributed by atoms with E-state index in [2.05, 4.69) is 23.1 Å². The third kappa shape index (κ3) is 3.05. The van der Waals surface area contributed by atoms with E-state index in [-0.39, 0.29) is 0 Å². The van der Waals surface area contributed by atoms with E-state index < -0.39 is 11.4 Å². The van der Waals surface area contributed by atoms with Crippen molar-refractivity contribution < 1.29 is 14.6 Å². The standard InChI is InChI=1S/C17H23NO3/c1-17(16(19)20)6-9-18(10-7-17)8-4-13-2-3-15-14(12-13)5-11-21-15/h2-3,12H,4-11H2,1H3,(H,19,20). The van der Waals surface area contributed by atoms with Crippen molar-refractivity contribution >= 4 is 5.97 Å². The van der Waals surface area contributed by atoms with Gasteiger partial charge in [0.25, 0.3) is 0 Å². The third-order valence-electron chi connectivity index (χ3n) is 4.95. The third-order valence-corrected chi connectivity index (χ3v) is 4.95. The normalized spacial score (nSPS) is 20.8. The number of hydrogen-bond donors (Lipinski definition) is 1. The number of carbonyl (C=O) groups is 1. The van der Waals surface area contributed by atoms with Crippen molar-refractivity contribution in [3.8, 4) is 5.75 Å². The number of piperidine rings is 1. The van der Waals surface area contributed by atoms with E-state index in [1.54, 1.807) is 0 Å². The van der Waals surface area contributed by atoms with Crippen LogP contribution >= 0.6 is 0 Å². The van der Waals surface area contributed by atoms with Crippen LogP contribution in [0.4, 0.5) is 0 Å². The summed E-state index contributed by atoms with van der Waals surface area (Å²) >= 11 is 0. The van der Waals surface area contributed by atoms with E-state index in [0.717, 1.165) is 57.7 Å². The lowest BCUT2D eigenvalue weighted by Crippen LogP contribution is -2.43. The second-order valence-corrected chi connectivity index (χ2v) is 6.50. The van der Waals surface area contributed by atoms with E-state index >= 15 is 0 Å². The molecule has 0 bridgehead atoms. The molecule has 0 unspecified atom stereocenters. The van der Waals surface area contributed by atoms with Gasteiger partial charge in [-0.05, 0) is 56.5 Å². The second kappa shape index (κ2) is 5.68. The molecule has 4 nitrogen and oxygen atoms in total. The van der Waals surface area contributed by atoms with Gasteiger partial charge in [0.05, 0.1) is 12.0 Å². The molecule has 0 spiro atoms. The minimum Gasteiger partial charge on any atom is -0.493 e. The van der Waals surface area contributed by atoms with E-state index in [1.165, 1.54) is 11.1 Å². The van der Waals surface area contributed by atoms with Crippen LogP contribution in [0.1, 0.15) is 30.9 Å². The SMILES string of the molecule is CC1(C(=O)O)CCN(CCc2ccc3c(c2)CCO3)CC1. The summed E-state index contributed by atoms with van der Waals surface area (Å²) in [5.41, 5.74) is 2.15. The minimum absolute atomic E-state index is 0.526. The van der Waals surface area contributed by atoms with Gasteiger partial charge in [-0.3, -0.25) is 4.79 Å². The van der Waals surface area contributed by atoms with Gasteiger partial charge in [0.1, 0.15) is 5.75 Å². The van der Waals surface area contributed by atoms with Crippen LogP contribution in [0.5, 0.6) is 5.75 Å². The number of fused-ring (bicyclic) bond motifs is 1. The highest BCUT2D eigenvalue weighted by atomic mass is 16.5. The predicted molar refractivity (Wildman–Crippen MR) is 80.8 cm³/mol. The molecule has 3 rings (SSSR count). The van der Waals surface area contributed by atoms with Gasteiger partial charge < -0.3 is 14.7 Å². The molecule has 2 aliphatic heterocycles. The highest BCUT2D eigenvalue weighted by Crippen LogP contribution is 2.31. The molecule has 0 aliphatic carbocycles. The number of rotatable bonds is 4. The molecule has 1 fully saturated rings. The zero-order chi connectivity index (χ0) is 14.9. The van der Waals surface area contributed by atoms with Crippen molar-refractivity contribution in [1.29, 1.82) is 0 Å². The van der Waals surface area contributed by atoms with Crippen LogP contribution in [0.2, 0.25) is 0 Å². The van der Waals surface area contributed by atoms with Crippen LogP contribution in [0.15, 0.2) is 18.2 Å². The molecule has 1 aromatic rings. The molecule has 1 aromatic carbocycles. The summed E-state index contributed by atoms with van der Waals surface area (Å²) in [5, 5.41) is 9.25. The zero-order valence-corrected chi connectivity index (χ0v) is 12.6. The zero-order valence-electron chi connectivity index (χ0n) is 12.6. The van der Waals surface area contributed by atoms with Crippen LogP contribution in [-0.2, 0) is 17.6 Å². The van der Waals surface area contributed by atoms with Crippen molar-refractivity contribution in [3.63, 3.8) is 0 Å². The fourth-order valence-electron chi connectivity index (χ4n) is 3.17. The van der Waals surface area contributed by atoms with Crippen molar-refractivity contribution in [1.82, 2.24) is 4.90 Å². The summed E-state index contributed by atoms with van der Waals surface area (Å²) < 4.78 is 5.53. The summed E-state index contributed by atoms with van der Waals surface area (Å²) in [6, 6.07) is 6.48.